The second-order valence-corrected chi connectivity index (χ2v) is 6.47. The SMILES string of the molecule is CC(C)CC(CNC(=O)c1cn(-c2cccc(C(F)(F)F)c2)nn1)C(=O)O. The van der Waals surface area contributed by atoms with E-state index in [0.717, 1.165) is 16.8 Å². The highest BCUT2D eigenvalue weighted by molar-refractivity contribution is 5.92. The number of carboxylic acids is 1. The second-order valence-electron chi connectivity index (χ2n) is 6.47. The number of hydrogen-bond donors (Lipinski definition) is 2. The van der Waals surface area contributed by atoms with Crippen LogP contribution in [0.1, 0.15) is 36.3 Å². The third kappa shape index (κ3) is 5.53. The fourth-order valence-corrected chi connectivity index (χ4v) is 2.47. The van der Waals surface area contributed by atoms with Crippen LogP contribution in [0.2, 0.25) is 0 Å². The zero-order valence-corrected chi connectivity index (χ0v) is 14.7. The van der Waals surface area contributed by atoms with E-state index in [1.165, 1.54) is 18.3 Å². The number of benzene rings is 1. The zero-order valence-electron chi connectivity index (χ0n) is 14.7. The largest absolute Gasteiger partial charge is 0.481 e. The lowest BCUT2D eigenvalue weighted by Gasteiger charge is -2.14. The van der Waals surface area contributed by atoms with Gasteiger partial charge in [0.15, 0.2) is 5.69 Å². The molecule has 2 aromatic rings. The Hall–Kier alpha value is -2.91. The van der Waals surface area contributed by atoms with Gasteiger partial charge in [0.2, 0.25) is 0 Å². The minimum absolute atomic E-state index is 0.0806. The Kier molecular flexibility index (Phi) is 6.19. The maximum Gasteiger partial charge on any atom is 0.416 e. The zero-order chi connectivity index (χ0) is 20.2. The fourth-order valence-electron chi connectivity index (χ4n) is 2.47. The van der Waals surface area contributed by atoms with Crippen molar-refractivity contribution in [2.45, 2.75) is 26.4 Å². The van der Waals surface area contributed by atoms with Crippen molar-refractivity contribution in [1.29, 1.82) is 0 Å². The summed E-state index contributed by atoms with van der Waals surface area (Å²) < 4.78 is 39.4. The molecule has 1 aromatic heterocycles. The summed E-state index contributed by atoms with van der Waals surface area (Å²) in [6, 6.07) is 4.44. The average Bonchev–Trinajstić information content (AvgIpc) is 3.07. The van der Waals surface area contributed by atoms with Crippen LogP contribution < -0.4 is 5.32 Å². The Bertz CT molecular complexity index is 818. The van der Waals surface area contributed by atoms with E-state index in [1.54, 1.807) is 0 Å². The number of nitrogens with zero attached hydrogens (tertiary/aromatic N) is 3. The molecule has 1 heterocycles. The van der Waals surface area contributed by atoms with Crippen LogP contribution in [0.3, 0.4) is 0 Å². The topological polar surface area (TPSA) is 97.1 Å². The highest BCUT2D eigenvalue weighted by Crippen LogP contribution is 2.30. The number of alkyl halides is 3. The van der Waals surface area contributed by atoms with Gasteiger partial charge in [-0.2, -0.15) is 13.2 Å². The second kappa shape index (κ2) is 8.19. The Labute approximate surface area is 153 Å². The molecule has 0 aliphatic rings. The van der Waals surface area contributed by atoms with Crippen molar-refractivity contribution in [2.24, 2.45) is 11.8 Å². The minimum Gasteiger partial charge on any atom is -0.481 e. The van der Waals surface area contributed by atoms with Crippen LogP contribution in [0.5, 0.6) is 0 Å². The molecular weight excluding hydrogens is 365 g/mol. The first kappa shape index (κ1) is 20.4. The van der Waals surface area contributed by atoms with Crippen LogP contribution in [0, 0.1) is 11.8 Å². The molecule has 146 valence electrons. The van der Waals surface area contributed by atoms with Crippen molar-refractivity contribution in [3.05, 3.63) is 41.7 Å². The van der Waals surface area contributed by atoms with Gasteiger partial charge in [0.1, 0.15) is 0 Å². The summed E-state index contributed by atoms with van der Waals surface area (Å²) in [5, 5.41) is 18.9. The number of aromatic nitrogens is 3. The van der Waals surface area contributed by atoms with Gasteiger partial charge in [-0.15, -0.1) is 5.10 Å². The van der Waals surface area contributed by atoms with Crippen LogP contribution >= 0.6 is 0 Å². The van der Waals surface area contributed by atoms with E-state index in [-0.39, 0.29) is 23.8 Å². The molecule has 0 radical (unpaired) electrons. The highest BCUT2D eigenvalue weighted by atomic mass is 19.4. The number of nitrogens with one attached hydrogen (secondary N) is 1. The summed E-state index contributed by atoms with van der Waals surface area (Å²) in [5.41, 5.74) is -0.875. The van der Waals surface area contributed by atoms with Crippen LogP contribution in [0.15, 0.2) is 30.5 Å². The molecule has 1 amide bonds. The van der Waals surface area contributed by atoms with Crippen molar-refractivity contribution in [3.8, 4) is 5.69 Å². The van der Waals surface area contributed by atoms with Crippen LogP contribution in [-0.4, -0.2) is 38.5 Å². The van der Waals surface area contributed by atoms with E-state index >= 15 is 0 Å². The van der Waals surface area contributed by atoms with Gasteiger partial charge in [0, 0.05) is 6.54 Å². The lowest BCUT2D eigenvalue weighted by molar-refractivity contribution is -0.142. The highest BCUT2D eigenvalue weighted by Gasteiger charge is 2.30. The molecule has 0 spiro atoms. The number of hydrogen-bond acceptors (Lipinski definition) is 4. The Morgan fingerprint density at radius 1 is 1.30 bits per heavy atom. The molecule has 0 aliphatic heterocycles. The first-order valence-electron chi connectivity index (χ1n) is 8.19. The number of carbonyl (C=O) groups excluding carboxylic acids is 1. The van der Waals surface area contributed by atoms with Gasteiger partial charge in [0.25, 0.3) is 5.91 Å². The molecule has 0 fully saturated rings. The van der Waals surface area contributed by atoms with Gasteiger partial charge in [-0.25, -0.2) is 4.68 Å². The van der Waals surface area contributed by atoms with Crippen LogP contribution in [0.25, 0.3) is 5.69 Å². The molecule has 0 saturated heterocycles. The number of carbonyl (C=O) groups is 2. The molecule has 2 rings (SSSR count). The smallest absolute Gasteiger partial charge is 0.416 e. The fraction of sp³-hybridized carbons (Fsp3) is 0.412. The van der Waals surface area contributed by atoms with Crippen molar-refractivity contribution in [1.82, 2.24) is 20.3 Å². The number of aliphatic carboxylic acids is 1. The number of halogens is 3. The van der Waals surface area contributed by atoms with E-state index in [2.05, 4.69) is 15.6 Å². The van der Waals surface area contributed by atoms with E-state index in [4.69, 9.17) is 0 Å². The van der Waals surface area contributed by atoms with Gasteiger partial charge < -0.3 is 10.4 Å². The molecule has 0 saturated carbocycles. The van der Waals surface area contributed by atoms with Crippen molar-refractivity contribution in [2.75, 3.05) is 6.54 Å². The Morgan fingerprint density at radius 3 is 2.59 bits per heavy atom. The summed E-state index contributed by atoms with van der Waals surface area (Å²) in [7, 11) is 0. The molecule has 27 heavy (non-hydrogen) atoms. The van der Waals surface area contributed by atoms with Crippen molar-refractivity contribution >= 4 is 11.9 Å². The maximum absolute atomic E-state index is 12.8. The lowest BCUT2D eigenvalue weighted by Crippen LogP contribution is -2.33. The quantitative estimate of drug-likeness (QED) is 0.765. The molecule has 0 aliphatic carbocycles. The van der Waals surface area contributed by atoms with E-state index < -0.39 is 29.5 Å². The van der Waals surface area contributed by atoms with Gasteiger partial charge >= 0.3 is 12.1 Å². The van der Waals surface area contributed by atoms with Gasteiger partial charge in [0.05, 0.1) is 23.4 Å². The molecule has 0 bridgehead atoms. The molecule has 7 nitrogen and oxygen atoms in total. The molecule has 2 N–H and O–H groups in total. The third-order valence-corrected chi connectivity index (χ3v) is 3.78. The number of carboxylic acid groups (broad SMARTS) is 1. The minimum atomic E-state index is -4.50. The predicted molar refractivity (Wildman–Crippen MR) is 89.3 cm³/mol. The average molecular weight is 384 g/mol. The standard InChI is InChI=1S/C17H19F3N4O3/c1-10(2)6-11(16(26)27)8-21-15(25)14-9-24(23-22-14)13-5-3-4-12(7-13)17(18,19)20/h3-5,7,9-11H,6,8H2,1-2H3,(H,21,25)(H,26,27). The van der Waals surface area contributed by atoms with E-state index in [0.29, 0.717) is 6.42 Å². The molecule has 1 aromatic carbocycles. The van der Waals surface area contributed by atoms with Gasteiger partial charge in [-0.3, -0.25) is 9.59 Å². The summed E-state index contributed by atoms with van der Waals surface area (Å²) >= 11 is 0. The Balaban J connectivity index is 2.09. The van der Waals surface area contributed by atoms with Gasteiger partial charge in [-0.1, -0.05) is 25.1 Å². The first-order valence-corrected chi connectivity index (χ1v) is 8.19. The normalized spacial score (nSPS) is 12.8. The van der Waals surface area contributed by atoms with Crippen LogP contribution in [-0.2, 0) is 11.0 Å². The third-order valence-electron chi connectivity index (χ3n) is 3.78. The number of rotatable bonds is 7. The van der Waals surface area contributed by atoms with Crippen molar-refractivity contribution in [3.63, 3.8) is 0 Å². The molecule has 1 atom stereocenters. The number of amides is 1. The monoisotopic (exact) mass is 384 g/mol. The molecule has 1 unspecified atom stereocenters. The maximum atomic E-state index is 12.8. The first-order chi connectivity index (χ1) is 12.6. The van der Waals surface area contributed by atoms with E-state index in [9.17, 15) is 27.9 Å². The van der Waals surface area contributed by atoms with Crippen molar-refractivity contribution < 1.29 is 27.9 Å². The summed E-state index contributed by atoms with van der Waals surface area (Å²) in [6.45, 7) is 3.67. The van der Waals surface area contributed by atoms with Crippen LogP contribution in [0.4, 0.5) is 13.2 Å². The summed E-state index contributed by atoms with van der Waals surface area (Å²) in [5.74, 6) is -2.27. The van der Waals surface area contributed by atoms with Gasteiger partial charge in [-0.05, 0) is 30.5 Å². The molecule has 10 heteroatoms. The Morgan fingerprint density at radius 2 is 2.00 bits per heavy atom. The summed E-state index contributed by atoms with van der Waals surface area (Å²) in [6.07, 6.45) is -2.92. The predicted octanol–water partition coefficient (Wildman–Crippen LogP) is 2.76. The summed E-state index contributed by atoms with van der Waals surface area (Å²) in [4.78, 5) is 23.3. The van der Waals surface area contributed by atoms with E-state index in [1.807, 2.05) is 13.8 Å². The molecular formula is C17H19F3N4O3. The lowest BCUT2D eigenvalue weighted by atomic mass is 9.97.